The number of alkyl halides is 1. The van der Waals surface area contributed by atoms with Crippen molar-refractivity contribution < 1.29 is 14.6 Å². The Labute approximate surface area is 122 Å². The molecular formula is C15H16ClNO3. The largest absolute Gasteiger partial charge is 0.465 e. The lowest BCUT2D eigenvalue weighted by atomic mass is 10.0. The molecule has 0 aromatic heterocycles. The first kappa shape index (κ1) is 14.6. The van der Waals surface area contributed by atoms with Gasteiger partial charge in [0, 0.05) is 12.2 Å². The monoisotopic (exact) mass is 293 g/mol. The number of hydrogen-bond donors (Lipinski definition) is 2. The summed E-state index contributed by atoms with van der Waals surface area (Å²) in [4.78, 5) is 11.7. The molecule has 0 bridgehead atoms. The Kier molecular flexibility index (Phi) is 4.82. The third-order valence-corrected chi connectivity index (χ3v) is 3.36. The van der Waals surface area contributed by atoms with E-state index in [1.807, 2.05) is 30.3 Å². The minimum absolute atomic E-state index is 0.188. The van der Waals surface area contributed by atoms with Gasteiger partial charge in [0.25, 0.3) is 0 Å². The summed E-state index contributed by atoms with van der Waals surface area (Å²) in [5.41, 5.74) is 1.40. The predicted octanol–water partition coefficient (Wildman–Crippen LogP) is 2.64. The number of ether oxygens (including phenoxy) is 1. The average molecular weight is 294 g/mol. The van der Waals surface area contributed by atoms with Gasteiger partial charge in [-0.1, -0.05) is 18.2 Å². The van der Waals surface area contributed by atoms with Crippen molar-refractivity contribution in [3.8, 4) is 0 Å². The molecule has 1 unspecified atom stereocenters. The number of aliphatic hydroxyl groups excluding tert-OH is 1. The van der Waals surface area contributed by atoms with E-state index >= 15 is 0 Å². The molecule has 2 rings (SSSR count). The summed E-state index contributed by atoms with van der Waals surface area (Å²) >= 11 is 5.54. The lowest BCUT2D eigenvalue weighted by Gasteiger charge is -2.11. The molecule has 2 aromatic carbocycles. The molecule has 0 aliphatic heterocycles. The zero-order chi connectivity index (χ0) is 14.5. The van der Waals surface area contributed by atoms with Crippen LogP contribution in [0.5, 0.6) is 0 Å². The van der Waals surface area contributed by atoms with Crippen molar-refractivity contribution in [2.24, 2.45) is 0 Å². The number of anilines is 1. The van der Waals surface area contributed by atoms with E-state index in [1.54, 1.807) is 6.07 Å². The van der Waals surface area contributed by atoms with Crippen LogP contribution in [0.2, 0.25) is 0 Å². The van der Waals surface area contributed by atoms with Gasteiger partial charge in [-0.15, -0.1) is 11.6 Å². The second kappa shape index (κ2) is 6.59. The zero-order valence-electron chi connectivity index (χ0n) is 11.1. The standard InChI is InChI=1S/C15H16ClNO3/c1-20-15(19)14-4-2-3-10-7-11(5-6-13(10)14)17-9-12(18)8-16/h2-7,12,17-18H,8-9H2,1H3. The summed E-state index contributed by atoms with van der Waals surface area (Å²) in [7, 11) is 1.37. The van der Waals surface area contributed by atoms with Crippen molar-refractivity contribution in [3.05, 3.63) is 42.0 Å². The predicted molar refractivity (Wildman–Crippen MR) is 80.5 cm³/mol. The topological polar surface area (TPSA) is 58.6 Å². The number of carbonyl (C=O) groups excluding carboxylic acids is 1. The van der Waals surface area contributed by atoms with E-state index in [2.05, 4.69) is 5.32 Å². The van der Waals surface area contributed by atoms with E-state index < -0.39 is 6.10 Å². The Hall–Kier alpha value is -1.78. The molecule has 106 valence electrons. The zero-order valence-corrected chi connectivity index (χ0v) is 11.9. The van der Waals surface area contributed by atoms with E-state index in [4.69, 9.17) is 16.3 Å². The molecule has 0 heterocycles. The molecule has 2 aromatic rings. The SMILES string of the molecule is COC(=O)c1cccc2cc(NCC(O)CCl)ccc12. The molecular weight excluding hydrogens is 278 g/mol. The van der Waals surface area contributed by atoms with Crippen molar-refractivity contribution in [2.75, 3.05) is 24.9 Å². The fraction of sp³-hybridized carbons (Fsp3) is 0.267. The Balaban J connectivity index is 2.29. The highest BCUT2D eigenvalue weighted by Crippen LogP contribution is 2.23. The van der Waals surface area contributed by atoms with Crippen LogP contribution in [0.4, 0.5) is 5.69 Å². The number of halogens is 1. The molecule has 0 aliphatic carbocycles. The molecule has 0 radical (unpaired) electrons. The smallest absolute Gasteiger partial charge is 0.338 e. The maximum Gasteiger partial charge on any atom is 0.338 e. The van der Waals surface area contributed by atoms with E-state index in [-0.39, 0.29) is 11.8 Å². The molecule has 0 aliphatic rings. The number of nitrogens with one attached hydrogen (secondary N) is 1. The summed E-state index contributed by atoms with van der Waals surface area (Å²) < 4.78 is 4.77. The second-order valence-electron chi connectivity index (χ2n) is 4.42. The molecule has 2 N–H and O–H groups in total. The van der Waals surface area contributed by atoms with Gasteiger partial charge in [0.1, 0.15) is 0 Å². The Morgan fingerprint density at radius 2 is 2.20 bits per heavy atom. The van der Waals surface area contributed by atoms with Crippen LogP contribution < -0.4 is 5.32 Å². The second-order valence-corrected chi connectivity index (χ2v) is 4.73. The quantitative estimate of drug-likeness (QED) is 0.657. The summed E-state index contributed by atoms with van der Waals surface area (Å²) in [6, 6.07) is 11.1. The van der Waals surface area contributed by atoms with E-state index in [9.17, 15) is 9.90 Å². The Morgan fingerprint density at radius 3 is 2.90 bits per heavy atom. The van der Waals surface area contributed by atoms with Crippen LogP contribution in [0.25, 0.3) is 10.8 Å². The first-order chi connectivity index (χ1) is 9.65. The highest BCUT2D eigenvalue weighted by Gasteiger charge is 2.10. The van der Waals surface area contributed by atoms with E-state index in [0.29, 0.717) is 12.1 Å². The van der Waals surface area contributed by atoms with Crippen LogP contribution in [-0.2, 0) is 4.74 Å². The minimum atomic E-state index is -0.589. The van der Waals surface area contributed by atoms with Gasteiger partial charge >= 0.3 is 5.97 Å². The number of benzene rings is 2. The molecule has 0 amide bonds. The molecule has 0 saturated heterocycles. The fourth-order valence-electron chi connectivity index (χ4n) is 1.97. The number of fused-ring (bicyclic) bond motifs is 1. The normalized spacial score (nSPS) is 12.2. The van der Waals surface area contributed by atoms with Gasteiger partial charge < -0.3 is 15.2 Å². The average Bonchev–Trinajstić information content (AvgIpc) is 2.50. The van der Waals surface area contributed by atoms with Gasteiger partial charge in [0.05, 0.1) is 24.7 Å². The van der Waals surface area contributed by atoms with Gasteiger partial charge in [0.2, 0.25) is 0 Å². The van der Waals surface area contributed by atoms with Gasteiger partial charge in [-0.3, -0.25) is 0 Å². The summed E-state index contributed by atoms with van der Waals surface area (Å²) in [6.45, 7) is 0.381. The lowest BCUT2D eigenvalue weighted by Crippen LogP contribution is -2.20. The van der Waals surface area contributed by atoms with Gasteiger partial charge in [-0.25, -0.2) is 4.79 Å². The van der Waals surface area contributed by atoms with Crippen molar-refractivity contribution in [1.82, 2.24) is 0 Å². The van der Waals surface area contributed by atoms with Gasteiger partial charge in [-0.05, 0) is 29.0 Å². The summed E-state index contributed by atoms with van der Waals surface area (Å²) in [6.07, 6.45) is -0.589. The maximum atomic E-state index is 11.7. The first-order valence-corrected chi connectivity index (χ1v) is 6.78. The third kappa shape index (κ3) is 3.21. The van der Waals surface area contributed by atoms with Gasteiger partial charge in [0.15, 0.2) is 0 Å². The molecule has 0 saturated carbocycles. The van der Waals surface area contributed by atoms with Gasteiger partial charge in [-0.2, -0.15) is 0 Å². The molecule has 1 atom stereocenters. The van der Waals surface area contributed by atoms with Crippen molar-refractivity contribution in [2.45, 2.75) is 6.10 Å². The molecule has 5 heteroatoms. The van der Waals surface area contributed by atoms with Crippen LogP contribution in [0.1, 0.15) is 10.4 Å². The number of carbonyl (C=O) groups is 1. The van der Waals surface area contributed by atoms with Crippen LogP contribution in [0.3, 0.4) is 0 Å². The number of esters is 1. The third-order valence-electron chi connectivity index (χ3n) is 3.01. The fourth-order valence-corrected chi connectivity index (χ4v) is 2.08. The molecule has 4 nitrogen and oxygen atoms in total. The number of aliphatic hydroxyl groups is 1. The van der Waals surface area contributed by atoms with Crippen LogP contribution in [-0.4, -0.2) is 36.7 Å². The van der Waals surface area contributed by atoms with E-state index in [1.165, 1.54) is 7.11 Å². The minimum Gasteiger partial charge on any atom is -0.465 e. The number of hydrogen-bond acceptors (Lipinski definition) is 4. The van der Waals surface area contributed by atoms with Crippen LogP contribution >= 0.6 is 11.6 Å². The summed E-state index contributed by atoms with van der Waals surface area (Å²) in [5.74, 6) is -0.165. The Bertz CT molecular complexity index is 615. The first-order valence-electron chi connectivity index (χ1n) is 6.24. The Morgan fingerprint density at radius 1 is 1.40 bits per heavy atom. The highest BCUT2D eigenvalue weighted by atomic mass is 35.5. The van der Waals surface area contributed by atoms with E-state index in [0.717, 1.165) is 16.5 Å². The maximum absolute atomic E-state index is 11.7. The molecule has 0 fully saturated rings. The molecule has 20 heavy (non-hydrogen) atoms. The number of methoxy groups -OCH3 is 1. The van der Waals surface area contributed by atoms with Crippen LogP contribution in [0, 0.1) is 0 Å². The van der Waals surface area contributed by atoms with Crippen molar-refractivity contribution >= 4 is 34.0 Å². The van der Waals surface area contributed by atoms with Crippen molar-refractivity contribution in [1.29, 1.82) is 0 Å². The van der Waals surface area contributed by atoms with Crippen LogP contribution in [0.15, 0.2) is 36.4 Å². The molecule has 0 spiro atoms. The summed E-state index contributed by atoms with van der Waals surface area (Å²) in [5, 5.41) is 14.3. The highest BCUT2D eigenvalue weighted by molar-refractivity contribution is 6.18. The number of rotatable bonds is 5. The van der Waals surface area contributed by atoms with Crippen molar-refractivity contribution in [3.63, 3.8) is 0 Å². The lowest BCUT2D eigenvalue weighted by molar-refractivity contribution is 0.0603.